The Labute approximate surface area is 165 Å². The van der Waals surface area contributed by atoms with Crippen molar-refractivity contribution >= 4 is 17.5 Å². The van der Waals surface area contributed by atoms with Crippen molar-refractivity contribution in [2.24, 2.45) is 0 Å². The van der Waals surface area contributed by atoms with Gasteiger partial charge in [-0.3, -0.25) is 14.6 Å². The Hall–Kier alpha value is -2.89. The van der Waals surface area contributed by atoms with Crippen LogP contribution >= 0.6 is 0 Å². The smallest absolute Gasteiger partial charge is 0.255 e. The largest absolute Gasteiger partial charge is 0.379 e. The van der Waals surface area contributed by atoms with Gasteiger partial charge in [-0.1, -0.05) is 18.2 Å². The van der Waals surface area contributed by atoms with E-state index >= 15 is 0 Å². The summed E-state index contributed by atoms with van der Waals surface area (Å²) in [5.74, 6) is 0.0940. The van der Waals surface area contributed by atoms with E-state index in [1.165, 1.54) is 5.56 Å². The van der Waals surface area contributed by atoms with Crippen LogP contribution in [-0.4, -0.2) is 46.9 Å². The molecule has 0 aliphatic carbocycles. The van der Waals surface area contributed by atoms with Gasteiger partial charge in [0, 0.05) is 49.2 Å². The minimum absolute atomic E-state index is 0.0216. The second-order valence-electron chi connectivity index (χ2n) is 7.77. The molecule has 6 nitrogen and oxygen atoms in total. The molecule has 6 heteroatoms. The van der Waals surface area contributed by atoms with E-state index in [2.05, 4.69) is 27.8 Å². The molecule has 2 amide bonds. The molecule has 0 bridgehead atoms. The summed E-state index contributed by atoms with van der Waals surface area (Å²) in [6.45, 7) is 3.75. The summed E-state index contributed by atoms with van der Waals surface area (Å²) in [5, 5.41) is 6.72. The van der Waals surface area contributed by atoms with E-state index in [1.54, 1.807) is 12.3 Å². The van der Waals surface area contributed by atoms with Crippen molar-refractivity contribution in [2.45, 2.75) is 38.1 Å². The van der Waals surface area contributed by atoms with Crippen LogP contribution in [0.4, 0.5) is 5.69 Å². The maximum atomic E-state index is 12.9. The van der Waals surface area contributed by atoms with E-state index in [1.807, 2.05) is 30.0 Å². The van der Waals surface area contributed by atoms with E-state index < -0.39 is 0 Å². The van der Waals surface area contributed by atoms with Crippen LogP contribution in [0.3, 0.4) is 0 Å². The fraction of sp³-hybridized carbons (Fsp3) is 0.409. The lowest BCUT2D eigenvalue weighted by molar-refractivity contribution is -0.122. The Morgan fingerprint density at radius 3 is 2.71 bits per heavy atom. The van der Waals surface area contributed by atoms with Crippen LogP contribution < -0.4 is 10.6 Å². The molecule has 3 heterocycles. The van der Waals surface area contributed by atoms with Crippen LogP contribution in [0.25, 0.3) is 0 Å². The number of piperidine rings is 1. The zero-order chi connectivity index (χ0) is 19.6. The molecule has 146 valence electrons. The maximum absolute atomic E-state index is 12.9. The molecule has 2 aliphatic rings. The first-order chi connectivity index (χ1) is 13.6. The minimum atomic E-state index is -0.328. The fourth-order valence-electron chi connectivity index (χ4n) is 4.22. The number of para-hydroxylation sites is 1. The molecule has 2 aliphatic heterocycles. The number of pyridine rings is 1. The zero-order valence-corrected chi connectivity index (χ0v) is 16.2. The number of anilines is 1. The Morgan fingerprint density at radius 2 is 1.93 bits per heavy atom. The molecule has 0 saturated carbocycles. The predicted molar refractivity (Wildman–Crippen MR) is 108 cm³/mol. The standard InChI is InChI=1S/C22H26N4O2/c1-16-18(6-4-11-23-16)21(28)26-13-9-22(10-14-26)15-20(27)24-12-8-17-5-2-3-7-19(17)25-22/h2-7,11,25H,8-10,12-15H2,1H3,(H,24,27). The van der Waals surface area contributed by atoms with Gasteiger partial charge >= 0.3 is 0 Å². The summed E-state index contributed by atoms with van der Waals surface area (Å²) in [6.07, 6.45) is 4.42. The molecule has 0 atom stereocenters. The Kier molecular flexibility index (Phi) is 5.03. The van der Waals surface area contributed by atoms with Crippen LogP contribution in [-0.2, 0) is 11.2 Å². The molecule has 2 N–H and O–H groups in total. The average molecular weight is 378 g/mol. The molecule has 0 radical (unpaired) electrons. The van der Waals surface area contributed by atoms with Crippen LogP contribution in [0.15, 0.2) is 42.6 Å². The van der Waals surface area contributed by atoms with Gasteiger partial charge in [0.15, 0.2) is 0 Å². The Balaban J connectivity index is 1.53. The second-order valence-corrected chi connectivity index (χ2v) is 7.77. The number of nitrogens with zero attached hydrogens (tertiary/aromatic N) is 2. The van der Waals surface area contributed by atoms with Gasteiger partial charge < -0.3 is 15.5 Å². The molecule has 1 fully saturated rings. The highest BCUT2D eigenvalue weighted by atomic mass is 16.2. The third-order valence-corrected chi connectivity index (χ3v) is 5.88. The van der Waals surface area contributed by atoms with Crippen LogP contribution in [0, 0.1) is 6.92 Å². The molecule has 1 aromatic heterocycles. The first kappa shape index (κ1) is 18.5. The molecule has 0 unspecified atom stereocenters. The quantitative estimate of drug-likeness (QED) is 0.800. The summed E-state index contributed by atoms with van der Waals surface area (Å²) in [4.78, 5) is 31.5. The molecular formula is C22H26N4O2. The predicted octanol–water partition coefficient (Wildman–Crippen LogP) is 2.54. The highest BCUT2D eigenvalue weighted by Gasteiger charge is 2.38. The summed E-state index contributed by atoms with van der Waals surface area (Å²) in [5.41, 5.74) is 3.40. The highest BCUT2D eigenvalue weighted by molar-refractivity contribution is 5.95. The topological polar surface area (TPSA) is 74.3 Å². The summed E-state index contributed by atoms with van der Waals surface area (Å²) in [6, 6.07) is 11.9. The first-order valence-electron chi connectivity index (χ1n) is 9.90. The third-order valence-electron chi connectivity index (χ3n) is 5.88. The van der Waals surface area contributed by atoms with Gasteiger partial charge in [-0.05, 0) is 49.9 Å². The number of benzene rings is 1. The van der Waals surface area contributed by atoms with Crippen molar-refractivity contribution in [3.63, 3.8) is 0 Å². The summed E-state index contributed by atoms with van der Waals surface area (Å²) >= 11 is 0. The maximum Gasteiger partial charge on any atom is 0.255 e. The van der Waals surface area contributed by atoms with E-state index in [4.69, 9.17) is 0 Å². The van der Waals surface area contributed by atoms with Crippen LogP contribution in [0.2, 0.25) is 0 Å². The van der Waals surface area contributed by atoms with Gasteiger partial charge in [0.05, 0.1) is 5.56 Å². The number of fused-ring (bicyclic) bond motifs is 1. The van der Waals surface area contributed by atoms with Gasteiger partial charge in [0.25, 0.3) is 5.91 Å². The number of aryl methyl sites for hydroxylation is 1. The van der Waals surface area contributed by atoms with Crippen molar-refractivity contribution in [1.82, 2.24) is 15.2 Å². The van der Waals surface area contributed by atoms with Gasteiger partial charge in [-0.2, -0.15) is 0 Å². The van der Waals surface area contributed by atoms with Crippen molar-refractivity contribution in [2.75, 3.05) is 25.0 Å². The van der Waals surface area contributed by atoms with Gasteiger partial charge in [-0.25, -0.2) is 0 Å². The van der Waals surface area contributed by atoms with Gasteiger partial charge in [-0.15, -0.1) is 0 Å². The van der Waals surface area contributed by atoms with Crippen molar-refractivity contribution < 1.29 is 9.59 Å². The summed E-state index contributed by atoms with van der Waals surface area (Å²) in [7, 11) is 0. The lowest BCUT2D eigenvalue weighted by atomic mass is 9.83. The number of carbonyl (C=O) groups excluding carboxylic acids is 2. The number of rotatable bonds is 1. The van der Waals surface area contributed by atoms with Crippen molar-refractivity contribution in [3.05, 3.63) is 59.4 Å². The lowest BCUT2D eigenvalue weighted by Gasteiger charge is -2.43. The molecular weight excluding hydrogens is 352 g/mol. The second kappa shape index (κ2) is 7.62. The van der Waals surface area contributed by atoms with Crippen LogP contribution in [0.1, 0.15) is 40.9 Å². The molecule has 1 aromatic carbocycles. The SMILES string of the molecule is Cc1ncccc1C(=O)N1CCC2(CC1)CC(=O)NCCc1ccccc1N2. The van der Waals surface area contributed by atoms with Crippen LogP contribution in [0.5, 0.6) is 0 Å². The highest BCUT2D eigenvalue weighted by Crippen LogP contribution is 2.33. The molecule has 1 spiro atoms. The van der Waals surface area contributed by atoms with Gasteiger partial charge in [0.2, 0.25) is 5.91 Å². The zero-order valence-electron chi connectivity index (χ0n) is 16.2. The van der Waals surface area contributed by atoms with E-state index in [0.717, 1.165) is 30.6 Å². The minimum Gasteiger partial charge on any atom is -0.379 e. The Bertz CT molecular complexity index is 888. The van der Waals surface area contributed by atoms with Crippen molar-refractivity contribution in [3.8, 4) is 0 Å². The van der Waals surface area contributed by atoms with Crippen molar-refractivity contribution in [1.29, 1.82) is 0 Å². The Morgan fingerprint density at radius 1 is 1.14 bits per heavy atom. The van der Waals surface area contributed by atoms with E-state index in [0.29, 0.717) is 31.6 Å². The lowest BCUT2D eigenvalue weighted by Crippen LogP contribution is -2.52. The average Bonchev–Trinajstić information content (AvgIpc) is 2.75. The molecule has 4 rings (SSSR count). The normalized spacial score (nSPS) is 18.9. The number of carbonyl (C=O) groups is 2. The number of amides is 2. The number of likely N-dealkylation sites (tertiary alicyclic amines) is 1. The number of hydrogen-bond donors (Lipinski definition) is 2. The fourth-order valence-corrected chi connectivity index (χ4v) is 4.22. The number of nitrogens with one attached hydrogen (secondary N) is 2. The third kappa shape index (κ3) is 3.72. The first-order valence-corrected chi connectivity index (χ1v) is 9.90. The molecule has 2 aromatic rings. The molecule has 1 saturated heterocycles. The number of aromatic nitrogens is 1. The number of hydrogen-bond acceptors (Lipinski definition) is 4. The monoisotopic (exact) mass is 378 g/mol. The van der Waals surface area contributed by atoms with E-state index in [-0.39, 0.29) is 17.4 Å². The van der Waals surface area contributed by atoms with E-state index in [9.17, 15) is 9.59 Å². The van der Waals surface area contributed by atoms with Gasteiger partial charge in [0.1, 0.15) is 0 Å². The molecule has 28 heavy (non-hydrogen) atoms. The summed E-state index contributed by atoms with van der Waals surface area (Å²) < 4.78 is 0.